The number of pyridine rings is 2. The average molecular weight is 298 g/mol. The lowest BCUT2D eigenvalue weighted by atomic mass is 10.1. The fourth-order valence-electron chi connectivity index (χ4n) is 2.49. The molecule has 0 saturated carbocycles. The van der Waals surface area contributed by atoms with E-state index in [1.165, 1.54) is 11.1 Å². The van der Waals surface area contributed by atoms with Crippen molar-refractivity contribution in [1.82, 2.24) is 9.97 Å². The third-order valence-electron chi connectivity index (χ3n) is 3.75. The smallest absolute Gasteiger partial charge is 0.0888 e. The molecule has 2 heterocycles. The molecule has 0 bridgehead atoms. The second-order valence-corrected chi connectivity index (χ2v) is 5.59. The van der Waals surface area contributed by atoms with Gasteiger partial charge in [0, 0.05) is 12.4 Å². The topological polar surface area (TPSA) is 77.8 Å². The van der Waals surface area contributed by atoms with Crippen molar-refractivity contribution >= 4 is 0 Å². The Hall–Kier alpha value is -1.78. The van der Waals surface area contributed by atoms with E-state index >= 15 is 0 Å². The number of hydrogen-bond donors (Lipinski definition) is 2. The zero-order valence-corrected chi connectivity index (χ0v) is 13.2. The van der Waals surface area contributed by atoms with Gasteiger partial charge in [-0.1, -0.05) is 0 Å². The molecule has 4 nitrogen and oxygen atoms in total. The maximum atomic E-state index is 5.55. The lowest BCUT2D eigenvalue weighted by Crippen LogP contribution is -2.00. The lowest BCUT2D eigenvalue weighted by Gasteiger charge is -2.06. The van der Waals surface area contributed by atoms with E-state index in [4.69, 9.17) is 11.5 Å². The third kappa shape index (κ3) is 5.20. The Kier molecular flexibility index (Phi) is 7.00. The molecule has 0 aliphatic rings. The van der Waals surface area contributed by atoms with Crippen molar-refractivity contribution in [1.29, 1.82) is 0 Å². The summed E-state index contributed by atoms with van der Waals surface area (Å²) in [6.45, 7) is 1.51. The summed E-state index contributed by atoms with van der Waals surface area (Å²) in [7, 11) is 0. The molecule has 4 N–H and O–H groups in total. The fraction of sp³-hybridized carbons (Fsp3) is 0.444. The molecule has 0 aliphatic heterocycles. The molecule has 0 unspecified atom stereocenters. The van der Waals surface area contributed by atoms with Gasteiger partial charge in [0.05, 0.1) is 11.4 Å². The molecule has 2 aromatic rings. The van der Waals surface area contributed by atoms with Crippen LogP contribution in [-0.4, -0.2) is 23.1 Å². The largest absolute Gasteiger partial charge is 0.330 e. The Balaban J connectivity index is 2.07. The number of rotatable bonds is 9. The van der Waals surface area contributed by atoms with E-state index < -0.39 is 0 Å². The van der Waals surface area contributed by atoms with Crippen LogP contribution >= 0.6 is 0 Å². The van der Waals surface area contributed by atoms with Gasteiger partial charge in [0.2, 0.25) is 0 Å². The van der Waals surface area contributed by atoms with Crippen LogP contribution in [0.15, 0.2) is 36.7 Å². The van der Waals surface area contributed by atoms with E-state index in [0.29, 0.717) is 0 Å². The van der Waals surface area contributed by atoms with Gasteiger partial charge in [0.1, 0.15) is 0 Å². The number of nitrogens with zero attached hydrogens (tertiary/aromatic N) is 2. The first-order valence-corrected chi connectivity index (χ1v) is 8.14. The highest BCUT2D eigenvalue weighted by Gasteiger charge is 2.04. The monoisotopic (exact) mass is 298 g/mol. The lowest BCUT2D eigenvalue weighted by molar-refractivity contribution is 0.743. The molecule has 0 saturated heterocycles. The van der Waals surface area contributed by atoms with Crippen LogP contribution in [-0.2, 0) is 12.8 Å². The zero-order valence-electron chi connectivity index (χ0n) is 13.2. The second kappa shape index (κ2) is 9.28. The normalized spacial score (nSPS) is 10.8. The van der Waals surface area contributed by atoms with Gasteiger partial charge in [-0.05, 0) is 87.0 Å². The van der Waals surface area contributed by atoms with Crippen LogP contribution < -0.4 is 11.5 Å². The Labute approximate surface area is 133 Å². The van der Waals surface area contributed by atoms with Gasteiger partial charge in [0.25, 0.3) is 0 Å². The van der Waals surface area contributed by atoms with Crippen LogP contribution in [0.3, 0.4) is 0 Å². The molecule has 0 aliphatic carbocycles. The van der Waals surface area contributed by atoms with Gasteiger partial charge >= 0.3 is 0 Å². The van der Waals surface area contributed by atoms with Crippen LogP contribution in [0.1, 0.15) is 36.8 Å². The van der Waals surface area contributed by atoms with Gasteiger partial charge < -0.3 is 11.5 Å². The van der Waals surface area contributed by atoms with Crippen LogP contribution in [0.5, 0.6) is 0 Å². The van der Waals surface area contributed by atoms with Crippen molar-refractivity contribution in [2.24, 2.45) is 11.5 Å². The minimum Gasteiger partial charge on any atom is -0.330 e. The Morgan fingerprint density at radius 2 is 1.14 bits per heavy atom. The third-order valence-corrected chi connectivity index (χ3v) is 3.75. The van der Waals surface area contributed by atoms with Crippen molar-refractivity contribution in [2.75, 3.05) is 13.1 Å². The van der Waals surface area contributed by atoms with Crippen LogP contribution in [0, 0.1) is 0 Å². The highest BCUT2D eigenvalue weighted by molar-refractivity contribution is 5.55. The van der Waals surface area contributed by atoms with Crippen LogP contribution in [0.25, 0.3) is 11.4 Å². The van der Waals surface area contributed by atoms with E-state index in [-0.39, 0.29) is 0 Å². The average Bonchev–Trinajstić information content (AvgIpc) is 2.56. The summed E-state index contributed by atoms with van der Waals surface area (Å²) in [5.74, 6) is 0. The maximum Gasteiger partial charge on any atom is 0.0888 e. The number of aromatic nitrogens is 2. The minimum absolute atomic E-state index is 0.754. The predicted molar refractivity (Wildman–Crippen MR) is 91.5 cm³/mol. The molecule has 22 heavy (non-hydrogen) atoms. The Morgan fingerprint density at radius 3 is 1.55 bits per heavy atom. The van der Waals surface area contributed by atoms with Crippen molar-refractivity contribution in [3.8, 4) is 11.4 Å². The van der Waals surface area contributed by atoms with Crippen molar-refractivity contribution in [2.45, 2.75) is 38.5 Å². The van der Waals surface area contributed by atoms with Gasteiger partial charge in [-0.15, -0.1) is 0 Å². The first-order valence-electron chi connectivity index (χ1n) is 8.14. The minimum atomic E-state index is 0.754. The van der Waals surface area contributed by atoms with E-state index in [9.17, 15) is 0 Å². The van der Waals surface area contributed by atoms with Gasteiger partial charge in [-0.25, -0.2) is 0 Å². The molecule has 2 aromatic heterocycles. The molecule has 0 radical (unpaired) electrons. The predicted octanol–water partition coefficient (Wildman–Crippen LogP) is 2.71. The first kappa shape index (κ1) is 16.6. The molecule has 0 amide bonds. The van der Waals surface area contributed by atoms with E-state index in [1.54, 1.807) is 0 Å². The molecule has 4 heteroatoms. The molecule has 118 valence electrons. The SMILES string of the molecule is NCCCCc1ccnc(-c2cc(CCCCN)ccn2)c1. The van der Waals surface area contributed by atoms with Gasteiger partial charge in [-0.2, -0.15) is 0 Å². The molecular weight excluding hydrogens is 272 g/mol. The molecular formula is C18H26N4. The summed E-state index contributed by atoms with van der Waals surface area (Å²) in [5.41, 5.74) is 15.6. The van der Waals surface area contributed by atoms with E-state index in [0.717, 1.165) is 63.0 Å². The van der Waals surface area contributed by atoms with E-state index in [2.05, 4.69) is 34.2 Å². The Bertz CT molecular complexity index is 517. The van der Waals surface area contributed by atoms with Crippen molar-refractivity contribution in [3.63, 3.8) is 0 Å². The molecule has 0 fully saturated rings. The van der Waals surface area contributed by atoms with Crippen molar-refractivity contribution in [3.05, 3.63) is 47.8 Å². The van der Waals surface area contributed by atoms with Gasteiger partial charge in [-0.3, -0.25) is 9.97 Å². The summed E-state index contributed by atoms with van der Waals surface area (Å²) in [6, 6.07) is 8.43. The standard InChI is InChI=1S/C18H26N4/c19-9-3-1-5-15-7-11-21-17(13-15)18-14-16(8-12-22-18)6-2-4-10-20/h7-8,11-14H,1-6,9-10,19-20H2. The molecule has 0 atom stereocenters. The number of unbranched alkanes of at least 4 members (excludes halogenated alkanes) is 2. The summed E-state index contributed by atoms with van der Waals surface area (Å²) >= 11 is 0. The van der Waals surface area contributed by atoms with Crippen molar-refractivity contribution < 1.29 is 0 Å². The number of nitrogens with two attached hydrogens (primary N) is 2. The number of hydrogen-bond acceptors (Lipinski definition) is 4. The molecule has 2 rings (SSSR count). The molecule has 0 aromatic carbocycles. The quantitative estimate of drug-likeness (QED) is 0.698. The molecule has 0 spiro atoms. The highest BCUT2D eigenvalue weighted by Crippen LogP contribution is 2.18. The number of aryl methyl sites for hydroxylation is 2. The zero-order chi connectivity index (χ0) is 15.6. The summed E-state index contributed by atoms with van der Waals surface area (Å²) in [6.07, 6.45) is 10.2. The fourth-order valence-corrected chi connectivity index (χ4v) is 2.49. The highest BCUT2D eigenvalue weighted by atomic mass is 14.8. The summed E-state index contributed by atoms with van der Waals surface area (Å²) < 4.78 is 0. The Morgan fingerprint density at radius 1 is 0.682 bits per heavy atom. The van der Waals surface area contributed by atoms with E-state index in [1.807, 2.05) is 12.4 Å². The van der Waals surface area contributed by atoms with Crippen LogP contribution in [0.4, 0.5) is 0 Å². The second-order valence-electron chi connectivity index (χ2n) is 5.59. The van der Waals surface area contributed by atoms with Crippen LogP contribution in [0.2, 0.25) is 0 Å². The summed E-state index contributed by atoms with van der Waals surface area (Å²) in [5, 5.41) is 0. The first-order chi connectivity index (χ1) is 10.8. The summed E-state index contributed by atoms with van der Waals surface area (Å²) in [4.78, 5) is 8.94. The maximum absolute atomic E-state index is 5.55. The van der Waals surface area contributed by atoms with Gasteiger partial charge in [0.15, 0.2) is 0 Å².